The van der Waals surface area contributed by atoms with Gasteiger partial charge in [0.05, 0.1) is 6.42 Å². The van der Waals surface area contributed by atoms with Crippen molar-refractivity contribution in [2.75, 3.05) is 10.6 Å². The van der Waals surface area contributed by atoms with Crippen LogP contribution in [-0.2, 0) is 9.53 Å². The van der Waals surface area contributed by atoms with Crippen LogP contribution in [0.2, 0.25) is 0 Å². The van der Waals surface area contributed by atoms with Crippen LogP contribution in [0, 0.1) is 25.1 Å². The van der Waals surface area contributed by atoms with Gasteiger partial charge in [0.25, 0.3) is 0 Å². The fourth-order valence-electron chi connectivity index (χ4n) is 3.33. The first-order valence-electron chi connectivity index (χ1n) is 8.80. The van der Waals surface area contributed by atoms with Gasteiger partial charge in [-0.1, -0.05) is 19.9 Å². The van der Waals surface area contributed by atoms with Gasteiger partial charge in [0.2, 0.25) is 0 Å². The number of anilines is 2. The lowest BCUT2D eigenvalue weighted by Crippen LogP contribution is -2.21. The lowest BCUT2D eigenvalue weighted by Gasteiger charge is -2.26. The van der Waals surface area contributed by atoms with Crippen molar-refractivity contribution in [3.63, 3.8) is 0 Å². The molecule has 0 bridgehead atoms. The number of benzene rings is 2. The summed E-state index contributed by atoms with van der Waals surface area (Å²) in [5, 5.41) is 5.49. The minimum atomic E-state index is -0.429. The largest absolute Gasteiger partial charge is 0.457 e. The Kier molecular flexibility index (Phi) is 4.91. The molecule has 2 aromatic rings. The Labute approximate surface area is 157 Å². The highest BCUT2D eigenvalue weighted by Gasteiger charge is 2.43. The van der Waals surface area contributed by atoms with Gasteiger partial charge >= 0.3 is 12.0 Å². The Morgan fingerprint density at radius 1 is 1.11 bits per heavy atom. The van der Waals surface area contributed by atoms with Crippen LogP contribution in [0.5, 0.6) is 0 Å². The number of ether oxygens (including phenoxy) is 1. The molecule has 0 saturated carbocycles. The number of carbonyl (C=O) groups excluding carboxylic acids is 2. The molecule has 1 fully saturated rings. The fraction of sp³-hybridized carbons (Fsp3) is 0.333. The molecule has 1 saturated heterocycles. The molecule has 0 aromatic heterocycles. The van der Waals surface area contributed by atoms with Crippen molar-refractivity contribution in [1.82, 2.24) is 0 Å². The highest BCUT2D eigenvalue weighted by atomic mass is 19.1. The quantitative estimate of drug-likeness (QED) is 0.739. The second-order valence-electron chi connectivity index (χ2n) is 7.64. The number of cyclic esters (lactones) is 1. The summed E-state index contributed by atoms with van der Waals surface area (Å²) in [6.45, 7) is 7.65. The average molecular weight is 370 g/mol. The first-order chi connectivity index (χ1) is 12.7. The Hall–Kier alpha value is -2.89. The Bertz CT molecular complexity index is 908. The van der Waals surface area contributed by atoms with Crippen molar-refractivity contribution in [2.45, 2.75) is 40.2 Å². The van der Waals surface area contributed by atoms with Gasteiger partial charge in [0, 0.05) is 16.8 Å². The summed E-state index contributed by atoms with van der Waals surface area (Å²) in [5.41, 5.74) is 3.31. The molecule has 1 heterocycles. The predicted molar refractivity (Wildman–Crippen MR) is 102 cm³/mol. The van der Waals surface area contributed by atoms with Crippen molar-refractivity contribution in [2.24, 2.45) is 5.41 Å². The molecular formula is C21H23FN2O3. The van der Waals surface area contributed by atoms with Crippen LogP contribution in [0.1, 0.15) is 43.1 Å². The van der Waals surface area contributed by atoms with E-state index in [1.54, 1.807) is 13.0 Å². The van der Waals surface area contributed by atoms with Crippen molar-refractivity contribution < 1.29 is 18.7 Å². The Balaban J connectivity index is 1.78. The molecule has 1 aliphatic heterocycles. The van der Waals surface area contributed by atoms with Gasteiger partial charge in [-0.15, -0.1) is 0 Å². The number of hydrogen-bond acceptors (Lipinski definition) is 3. The van der Waals surface area contributed by atoms with Gasteiger partial charge in [-0.25, -0.2) is 9.18 Å². The lowest BCUT2D eigenvalue weighted by atomic mass is 9.80. The van der Waals surface area contributed by atoms with E-state index in [9.17, 15) is 14.0 Å². The number of carbonyl (C=O) groups is 2. The topological polar surface area (TPSA) is 67.4 Å². The number of urea groups is 1. The Morgan fingerprint density at radius 3 is 2.48 bits per heavy atom. The molecule has 2 aromatic carbocycles. The molecular weight excluding hydrogens is 347 g/mol. The summed E-state index contributed by atoms with van der Waals surface area (Å²) in [4.78, 5) is 24.1. The molecule has 3 rings (SSSR count). The number of halogens is 1. The molecule has 5 nitrogen and oxygen atoms in total. The van der Waals surface area contributed by atoms with Gasteiger partial charge in [0.15, 0.2) is 0 Å². The maximum Gasteiger partial charge on any atom is 0.323 e. The summed E-state index contributed by atoms with van der Waals surface area (Å²) < 4.78 is 18.7. The number of nitrogens with one attached hydrogen (secondary N) is 2. The molecule has 2 amide bonds. The van der Waals surface area contributed by atoms with Crippen LogP contribution in [0.3, 0.4) is 0 Å². The number of amides is 2. The normalized spacial score (nSPS) is 18.1. The van der Waals surface area contributed by atoms with Crippen molar-refractivity contribution in [1.29, 1.82) is 0 Å². The van der Waals surface area contributed by atoms with Crippen LogP contribution < -0.4 is 10.6 Å². The molecule has 2 N–H and O–H groups in total. The minimum Gasteiger partial charge on any atom is -0.457 e. The molecule has 1 aliphatic rings. The van der Waals surface area contributed by atoms with E-state index < -0.39 is 6.03 Å². The number of hydrogen-bond donors (Lipinski definition) is 2. The van der Waals surface area contributed by atoms with Crippen molar-refractivity contribution >= 4 is 23.4 Å². The third-order valence-corrected chi connectivity index (χ3v) is 4.82. The molecule has 1 atom stereocenters. The second kappa shape index (κ2) is 7.02. The van der Waals surface area contributed by atoms with Crippen LogP contribution in [0.4, 0.5) is 20.6 Å². The standard InChI is InChI=1S/C21H23FN2O3/c1-12-5-7-15(10-16(12)19-21(3,4)11-18(25)27-19)23-20(26)24-17-8-6-14(22)9-13(17)2/h5-10,19H,11H2,1-4H3,(H2,23,24,26). The predicted octanol–water partition coefficient (Wildman–Crippen LogP) is 5.10. The van der Waals surface area contributed by atoms with E-state index in [-0.39, 0.29) is 23.3 Å². The second-order valence-corrected chi connectivity index (χ2v) is 7.64. The van der Waals surface area contributed by atoms with E-state index in [2.05, 4.69) is 10.6 Å². The molecule has 142 valence electrons. The van der Waals surface area contributed by atoms with Crippen LogP contribution in [-0.4, -0.2) is 12.0 Å². The van der Waals surface area contributed by atoms with Gasteiger partial charge in [0.1, 0.15) is 11.9 Å². The van der Waals surface area contributed by atoms with Crippen LogP contribution in [0.25, 0.3) is 0 Å². The van der Waals surface area contributed by atoms with Gasteiger partial charge in [-0.3, -0.25) is 4.79 Å². The van der Waals surface area contributed by atoms with E-state index >= 15 is 0 Å². The van der Waals surface area contributed by atoms with Gasteiger partial charge in [-0.05, 0) is 60.9 Å². The lowest BCUT2D eigenvalue weighted by molar-refractivity contribution is -0.142. The van der Waals surface area contributed by atoms with E-state index in [4.69, 9.17) is 4.74 Å². The summed E-state index contributed by atoms with van der Waals surface area (Å²) in [7, 11) is 0. The van der Waals surface area contributed by atoms with Gasteiger partial charge in [-0.2, -0.15) is 0 Å². The highest BCUT2D eigenvalue weighted by Crippen LogP contribution is 2.46. The molecule has 0 spiro atoms. The molecule has 6 heteroatoms. The third-order valence-electron chi connectivity index (χ3n) is 4.82. The zero-order chi connectivity index (χ0) is 19.8. The van der Waals surface area contributed by atoms with Crippen molar-refractivity contribution in [3.8, 4) is 0 Å². The van der Waals surface area contributed by atoms with E-state index in [0.717, 1.165) is 11.1 Å². The number of esters is 1. The van der Waals surface area contributed by atoms with E-state index in [1.807, 2.05) is 32.9 Å². The molecule has 0 radical (unpaired) electrons. The first-order valence-corrected chi connectivity index (χ1v) is 8.80. The first kappa shape index (κ1) is 18.9. The van der Waals surface area contributed by atoms with E-state index in [1.165, 1.54) is 18.2 Å². The average Bonchev–Trinajstić information content (AvgIpc) is 2.84. The summed E-state index contributed by atoms with van der Waals surface area (Å²) >= 11 is 0. The molecule has 27 heavy (non-hydrogen) atoms. The Morgan fingerprint density at radius 2 is 1.85 bits per heavy atom. The minimum absolute atomic E-state index is 0.215. The zero-order valence-corrected chi connectivity index (χ0v) is 15.9. The maximum absolute atomic E-state index is 13.2. The highest BCUT2D eigenvalue weighted by molar-refractivity contribution is 6.00. The SMILES string of the molecule is Cc1cc(F)ccc1NC(=O)Nc1ccc(C)c(C2OC(=O)CC2(C)C)c1. The fourth-order valence-corrected chi connectivity index (χ4v) is 3.33. The van der Waals surface area contributed by atoms with Gasteiger partial charge < -0.3 is 15.4 Å². The van der Waals surface area contributed by atoms with Crippen molar-refractivity contribution in [3.05, 3.63) is 58.9 Å². The molecule has 1 unspecified atom stereocenters. The molecule has 0 aliphatic carbocycles. The summed E-state index contributed by atoms with van der Waals surface area (Å²) in [6.07, 6.45) is 0.00758. The van der Waals surface area contributed by atoms with Crippen LogP contribution in [0.15, 0.2) is 36.4 Å². The van der Waals surface area contributed by atoms with Crippen LogP contribution >= 0.6 is 0 Å². The van der Waals surface area contributed by atoms with E-state index in [0.29, 0.717) is 23.4 Å². The number of rotatable bonds is 3. The summed E-state index contributed by atoms with van der Waals surface area (Å²) in [6, 6.07) is 9.25. The smallest absolute Gasteiger partial charge is 0.323 e. The zero-order valence-electron chi connectivity index (χ0n) is 15.9. The third kappa shape index (κ3) is 4.10. The number of aryl methyl sites for hydroxylation is 2. The monoisotopic (exact) mass is 370 g/mol. The summed E-state index contributed by atoms with van der Waals surface area (Å²) in [5.74, 6) is -0.567. The maximum atomic E-state index is 13.2.